The Kier molecular flexibility index (Phi) is 3.87. The van der Waals surface area contributed by atoms with Gasteiger partial charge in [-0.2, -0.15) is 0 Å². The van der Waals surface area contributed by atoms with Gasteiger partial charge in [-0.15, -0.1) is 0 Å². The Bertz CT molecular complexity index is 365. The van der Waals surface area contributed by atoms with Crippen LogP contribution >= 0.6 is 15.9 Å². The van der Waals surface area contributed by atoms with Crippen LogP contribution in [0.25, 0.3) is 0 Å². The molecule has 1 fully saturated rings. The molecule has 1 unspecified atom stereocenters. The normalized spacial score (nSPS) is 20.4. The average molecular weight is 283 g/mol. The SMILES string of the molecule is CCC1CCN(c2cc(Br)cc(CN)c2)C1. The monoisotopic (exact) mass is 282 g/mol. The maximum atomic E-state index is 5.70. The molecular formula is C13H19BrN2. The highest BCUT2D eigenvalue weighted by atomic mass is 79.9. The van der Waals surface area contributed by atoms with E-state index in [2.05, 4.69) is 46.0 Å². The lowest BCUT2D eigenvalue weighted by Gasteiger charge is -2.19. The molecule has 0 spiro atoms. The number of hydrogen-bond acceptors (Lipinski definition) is 2. The summed E-state index contributed by atoms with van der Waals surface area (Å²) in [6, 6.07) is 6.50. The van der Waals surface area contributed by atoms with Crippen molar-refractivity contribution in [1.82, 2.24) is 0 Å². The minimum atomic E-state index is 0.609. The lowest BCUT2D eigenvalue weighted by atomic mass is 10.1. The lowest BCUT2D eigenvalue weighted by molar-refractivity contribution is 0.569. The van der Waals surface area contributed by atoms with Gasteiger partial charge in [0.05, 0.1) is 0 Å². The van der Waals surface area contributed by atoms with E-state index in [1.807, 2.05) is 0 Å². The second-order valence-corrected chi connectivity index (χ2v) is 5.45. The van der Waals surface area contributed by atoms with Crippen molar-refractivity contribution >= 4 is 21.6 Å². The van der Waals surface area contributed by atoms with E-state index in [1.165, 1.54) is 37.2 Å². The van der Waals surface area contributed by atoms with Crippen LogP contribution in [0.4, 0.5) is 5.69 Å². The third-order valence-corrected chi connectivity index (χ3v) is 3.86. The maximum Gasteiger partial charge on any atom is 0.0380 e. The second kappa shape index (κ2) is 5.19. The molecule has 0 amide bonds. The van der Waals surface area contributed by atoms with Gasteiger partial charge in [-0.25, -0.2) is 0 Å². The van der Waals surface area contributed by atoms with E-state index in [9.17, 15) is 0 Å². The van der Waals surface area contributed by atoms with Crippen molar-refractivity contribution < 1.29 is 0 Å². The molecule has 2 nitrogen and oxygen atoms in total. The minimum absolute atomic E-state index is 0.609. The Morgan fingerprint density at radius 2 is 2.25 bits per heavy atom. The summed E-state index contributed by atoms with van der Waals surface area (Å²) in [6.07, 6.45) is 2.61. The Labute approximate surface area is 106 Å². The van der Waals surface area contributed by atoms with Gasteiger partial charge in [0.2, 0.25) is 0 Å². The molecule has 1 atom stereocenters. The van der Waals surface area contributed by atoms with Gasteiger partial charge in [-0.3, -0.25) is 0 Å². The van der Waals surface area contributed by atoms with Gasteiger partial charge in [0.1, 0.15) is 0 Å². The van der Waals surface area contributed by atoms with Crippen LogP contribution in [0.15, 0.2) is 22.7 Å². The molecule has 1 aliphatic heterocycles. The summed E-state index contributed by atoms with van der Waals surface area (Å²) >= 11 is 3.55. The fourth-order valence-corrected chi connectivity index (χ4v) is 2.86. The van der Waals surface area contributed by atoms with Gasteiger partial charge in [0, 0.05) is 29.8 Å². The predicted molar refractivity (Wildman–Crippen MR) is 72.6 cm³/mol. The molecule has 0 saturated carbocycles. The molecule has 1 saturated heterocycles. The molecule has 16 heavy (non-hydrogen) atoms. The van der Waals surface area contributed by atoms with E-state index in [0.717, 1.165) is 10.4 Å². The van der Waals surface area contributed by atoms with Crippen LogP contribution < -0.4 is 10.6 Å². The van der Waals surface area contributed by atoms with Crippen molar-refractivity contribution in [3.05, 3.63) is 28.2 Å². The largest absolute Gasteiger partial charge is 0.371 e. The lowest BCUT2D eigenvalue weighted by Crippen LogP contribution is -2.19. The Balaban J connectivity index is 2.17. The van der Waals surface area contributed by atoms with E-state index in [1.54, 1.807) is 0 Å². The van der Waals surface area contributed by atoms with Crippen molar-refractivity contribution in [3.8, 4) is 0 Å². The minimum Gasteiger partial charge on any atom is -0.371 e. The summed E-state index contributed by atoms with van der Waals surface area (Å²) in [5.74, 6) is 0.861. The first-order valence-corrected chi connectivity index (χ1v) is 6.76. The van der Waals surface area contributed by atoms with Crippen LogP contribution in [0.3, 0.4) is 0 Å². The standard InChI is InChI=1S/C13H19BrN2/c1-2-10-3-4-16(9-10)13-6-11(8-15)5-12(14)7-13/h5-7,10H,2-4,8-9,15H2,1H3. The molecule has 1 aromatic carbocycles. The average Bonchev–Trinajstić information content (AvgIpc) is 2.76. The topological polar surface area (TPSA) is 29.3 Å². The molecule has 0 radical (unpaired) electrons. The van der Waals surface area contributed by atoms with E-state index in [4.69, 9.17) is 5.73 Å². The first kappa shape index (κ1) is 11.9. The molecule has 1 heterocycles. The number of nitrogens with zero attached hydrogens (tertiary/aromatic N) is 1. The van der Waals surface area contributed by atoms with E-state index in [-0.39, 0.29) is 0 Å². The van der Waals surface area contributed by atoms with Crippen LogP contribution in [0.2, 0.25) is 0 Å². The molecule has 1 aliphatic rings. The summed E-state index contributed by atoms with van der Waals surface area (Å²) in [7, 11) is 0. The van der Waals surface area contributed by atoms with Crippen LogP contribution in [-0.4, -0.2) is 13.1 Å². The molecule has 0 aliphatic carbocycles. The van der Waals surface area contributed by atoms with E-state index < -0.39 is 0 Å². The van der Waals surface area contributed by atoms with Gasteiger partial charge in [-0.05, 0) is 36.1 Å². The van der Waals surface area contributed by atoms with Crippen LogP contribution in [0.1, 0.15) is 25.3 Å². The highest BCUT2D eigenvalue weighted by molar-refractivity contribution is 9.10. The van der Waals surface area contributed by atoms with Gasteiger partial charge < -0.3 is 10.6 Å². The zero-order valence-electron chi connectivity index (χ0n) is 9.75. The molecular weight excluding hydrogens is 264 g/mol. The van der Waals surface area contributed by atoms with Crippen LogP contribution in [0.5, 0.6) is 0 Å². The van der Waals surface area contributed by atoms with Crippen LogP contribution in [0, 0.1) is 5.92 Å². The second-order valence-electron chi connectivity index (χ2n) is 4.53. The smallest absolute Gasteiger partial charge is 0.0380 e. The highest BCUT2D eigenvalue weighted by Crippen LogP contribution is 2.28. The first-order chi connectivity index (χ1) is 7.72. The van der Waals surface area contributed by atoms with Crippen molar-refractivity contribution in [1.29, 1.82) is 0 Å². The third-order valence-electron chi connectivity index (χ3n) is 3.41. The number of rotatable bonds is 3. The van der Waals surface area contributed by atoms with Crippen molar-refractivity contribution in [2.24, 2.45) is 11.7 Å². The fraction of sp³-hybridized carbons (Fsp3) is 0.538. The summed E-state index contributed by atoms with van der Waals surface area (Å²) in [5, 5.41) is 0. The molecule has 2 rings (SSSR count). The number of halogens is 1. The summed E-state index contributed by atoms with van der Waals surface area (Å²) < 4.78 is 1.13. The van der Waals surface area contributed by atoms with Crippen molar-refractivity contribution in [3.63, 3.8) is 0 Å². The van der Waals surface area contributed by atoms with E-state index >= 15 is 0 Å². The predicted octanol–water partition coefficient (Wildman–Crippen LogP) is 3.14. The molecule has 2 N–H and O–H groups in total. The summed E-state index contributed by atoms with van der Waals surface area (Å²) in [5.41, 5.74) is 8.21. The van der Waals surface area contributed by atoms with Crippen molar-refractivity contribution in [2.75, 3.05) is 18.0 Å². The number of anilines is 1. The molecule has 0 aromatic heterocycles. The molecule has 88 valence electrons. The first-order valence-electron chi connectivity index (χ1n) is 5.97. The van der Waals surface area contributed by atoms with Gasteiger partial charge >= 0.3 is 0 Å². The van der Waals surface area contributed by atoms with Crippen LogP contribution in [-0.2, 0) is 6.54 Å². The Morgan fingerprint density at radius 3 is 2.88 bits per heavy atom. The highest BCUT2D eigenvalue weighted by Gasteiger charge is 2.21. The zero-order valence-corrected chi connectivity index (χ0v) is 11.3. The summed E-state index contributed by atoms with van der Waals surface area (Å²) in [6.45, 7) is 5.26. The molecule has 0 bridgehead atoms. The molecule has 3 heteroatoms. The fourth-order valence-electron chi connectivity index (χ4n) is 2.33. The number of benzene rings is 1. The number of nitrogens with two attached hydrogens (primary N) is 1. The van der Waals surface area contributed by atoms with E-state index in [0.29, 0.717) is 6.54 Å². The third kappa shape index (κ3) is 2.58. The Hall–Kier alpha value is -0.540. The Morgan fingerprint density at radius 1 is 1.44 bits per heavy atom. The van der Waals surface area contributed by atoms with Crippen molar-refractivity contribution in [2.45, 2.75) is 26.3 Å². The number of hydrogen-bond donors (Lipinski definition) is 1. The van der Waals surface area contributed by atoms with Gasteiger partial charge in [0.25, 0.3) is 0 Å². The quantitative estimate of drug-likeness (QED) is 0.923. The zero-order chi connectivity index (χ0) is 11.5. The summed E-state index contributed by atoms with van der Waals surface area (Å²) in [4.78, 5) is 2.47. The van der Waals surface area contributed by atoms with Gasteiger partial charge in [-0.1, -0.05) is 29.3 Å². The maximum absolute atomic E-state index is 5.70. The van der Waals surface area contributed by atoms with Gasteiger partial charge in [0.15, 0.2) is 0 Å². The molecule has 1 aromatic rings.